The van der Waals surface area contributed by atoms with Crippen molar-refractivity contribution in [3.63, 3.8) is 0 Å². The predicted molar refractivity (Wildman–Crippen MR) is 87.9 cm³/mol. The molecule has 8 heteroatoms. The minimum atomic E-state index is -0.565. The summed E-state index contributed by atoms with van der Waals surface area (Å²) in [4.78, 5) is 32.6. The van der Waals surface area contributed by atoms with Gasteiger partial charge in [0, 0.05) is 38.7 Å². The molecule has 0 saturated carbocycles. The lowest BCUT2D eigenvalue weighted by atomic mass is 9.98. The molecule has 0 N–H and O–H groups in total. The fraction of sp³-hybridized carbons (Fsp3) is 0.529. The van der Waals surface area contributed by atoms with Crippen molar-refractivity contribution in [3.05, 3.63) is 23.0 Å². The largest absolute Gasteiger partial charge is 0.346 e. The number of likely N-dealkylation sites (tertiary alicyclic amines) is 1. The normalized spacial score (nSPS) is 20.0. The van der Waals surface area contributed by atoms with Gasteiger partial charge >= 0.3 is 0 Å². The number of carbonyl (C=O) groups excluding carboxylic acids is 2. The zero-order chi connectivity index (χ0) is 17.8. The third kappa shape index (κ3) is 2.39. The van der Waals surface area contributed by atoms with Crippen molar-refractivity contribution in [2.75, 3.05) is 26.7 Å². The van der Waals surface area contributed by atoms with Crippen molar-refractivity contribution in [1.29, 1.82) is 0 Å². The second-order valence-electron chi connectivity index (χ2n) is 6.74. The van der Waals surface area contributed by atoms with E-state index in [0.29, 0.717) is 54.0 Å². The molecule has 0 aromatic carbocycles. The number of aryl methyl sites for hydroxylation is 2. The van der Waals surface area contributed by atoms with E-state index < -0.39 is 5.72 Å². The molecule has 0 radical (unpaired) electrons. The quantitative estimate of drug-likeness (QED) is 0.774. The summed E-state index contributed by atoms with van der Waals surface area (Å²) in [5.74, 6) is -0.0741. The van der Waals surface area contributed by atoms with E-state index in [0.717, 1.165) is 0 Å². The Morgan fingerprint density at radius 1 is 1.28 bits per heavy atom. The Balaban J connectivity index is 1.59. The zero-order valence-corrected chi connectivity index (χ0v) is 14.5. The number of amides is 2. The number of nitrogens with zero attached hydrogens (tertiary/aromatic N) is 4. The fourth-order valence-corrected chi connectivity index (χ4v) is 3.71. The number of fused-ring (bicyclic) bond motifs is 1. The maximum Gasteiger partial charge on any atom is 0.258 e. The first-order chi connectivity index (χ1) is 11.9. The van der Waals surface area contributed by atoms with E-state index in [1.165, 1.54) is 0 Å². The van der Waals surface area contributed by atoms with Crippen molar-refractivity contribution >= 4 is 22.9 Å². The number of ether oxygens (including phenoxy) is 1. The highest BCUT2D eigenvalue weighted by Gasteiger charge is 2.47. The van der Waals surface area contributed by atoms with Crippen LogP contribution in [0.4, 0.5) is 0 Å². The highest BCUT2D eigenvalue weighted by Crippen LogP contribution is 2.34. The lowest BCUT2D eigenvalue weighted by Crippen LogP contribution is -2.53. The Bertz CT molecular complexity index is 867. The predicted octanol–water partition coefficient (Wildman–Crippen LogP) is 1.26. The number of aromatic nitrogens is 2. The maximum absolute atomic E-state index is 13.1. The smallest absolute Gasteiger partial charge is 0.258 e. The van der Waals surface area contributed by atoms with E-state index >= 15 is 0 Å². The van der Waals surface area contributed by atoms with Crippen LogP contribution in [0.1, 0.15) is 34.6 Å². The molecule has 0 unspecified atom stereocenters. The van der Waals surface area contributed by atoms with Gasteiger partial charge in [0.05, 0.1) is 16.6 Å². The van der Waals surface area contributed by atoms with E-state index in [2.05, 4.69) is 10.1 Å². The average molecular weight is 344 g/mol. The molecule has 2 aliphatic rings. The number of rotatable bonds is 1. The van der Waals surface area contributed by atoms with Gasteiger partial charge in [0.25, 0.3) is 17.5 Å². The molecule has 8 nitrogen and oxygen atoms in total. The van der Waals surface area contributed by atoms with Gasteiger partial charge < -0.3 is 19.1 Å². The Morgan fingerprint density at radius 3 is 2.64 bits per heavy atom. The van der Waals surface area contributed by atoms with Crippen LogP contribution in [0.2, 0.25) is 0 Å². The molecule has 2 aliphatic heterocycles. The molecule has 4 rings (SSSR count). The number of hydrogen-bond donors (Lipinski definition) is 0. The third-order valence-electron chi connectivity index (χ3n) is 5.26. The number of pyridine rings is 1. The van der Waals surface area contributed by atoms with E-state index in [1.807, 2.05) is 6.92 Å². The summed E-state index contributed by atoms with van der Waals surface area (Å²) in [5.41, 5.74) is 1.76. The van der Waals surface area contributed by atoms with Gasteiger partial charge in [0.2, 0.25) is 0 Å². The molecule has 1 spiro atoms. The first-order valence-corrected chi connectivity index (χ1v) is 8.35. The summed E-state index contributed by atoms with van der Waals surface area (Å²) < 4.78 is 11.0. The van der Waals surface area contributed by atoms with Crippen molar-refractivity contribution < 1.29 is 18.8 Å². The van der Waals surface area contributed by atoms with E-state index in [-0.39, 0.29) is 18.4 Å². The molecular weight excluding hydrogens is 324 g/mol. The van der Waals surface area contributed by atoms with Crippen LogP contribution in [0.5, 0.6) is 0 Å². The zero-order valence-electron chi connectivity index (χ0n) is 14.5. The highest BCUT2D eigenvalue weighted by atomic mass is 16.5. The number of piperidine rings is 1. The molecule has 2 aromatic heterocycles. The van der Waals surface area contributed by atoms with Crippen molar-refractivity contribution in [2.24, 2.45) is 0 Å². The second kappa shape index (κ2) is 5.52. The Labute approximate surface area is 144 Å². The summed E-state index contributed by atoms with van der Waals surface area (Å²) in [6.07, 6.45) is 1.22. The Kier molecular flexibility index (Phi) is 3.54. The summed E-state index contributed by atoms with van der Waals surface area (Å²) in [6, 6.07) is 1.78. The average Bonchev–Trinajstić information content (AvgIpc) is 3.10. The van der Waals surface area contributed by atoms with Crippen LogP contribution in [0.3, 0.4) is 0 Å². The van der Waals surface area contributed by atoms with Crippen LogP contribution in [-0.2, 0) is 9.53 Å². The molecule has 4 heterocycles. The monoisotopic (exact) mass is 344 g/mol. The van der Waals surface area contributed by atoms with Gasteiger partial charge in [-0.1, -0.05) is 5.16 Å². The fourth-order valence-electron chi connectivity index (χ4n) is 3.71. The van der Waals surface area contributed by atoms with E-state index in [1.54, 1.807) is 29.8 Å². The molecule has 2 amide bonds. The summed E-state index contributed by atoms with van der Waals surface area (Å²) >= 11 is 0. The molecule has 2 saturated heterocycles. The van der Waals surface area contributed by atoms with Gasteiger partial charge in [0.1, 0.15) is 12.3 Å². The Morgan fingerprint density at radius 2 is 2.00 bits per heavy atom. The maximum atomic E-state index is 13.1. The van der Waals surface area contributed by atoms with Crippen LogP contribution in [0.25, 0.3) is 11.1 Å². The van der Waals surface area contributed by atoms with Gasteiger partial charge in [-0.15, -0.1) is 0 Å². The van der Waals surface area contributed by atoms with Gasteiger partial charge in [-0.25, -0.2) is 4.98 Å². The minimum absolute atomic E-state index is 0.00802. The number of hydrogen-bond acceptors (Lipinski definition) is 6. The van der Waals surface area contributed by atoms with Crippen LogP contribution >= 0.6 is 0 Å². The van der Waals surface area contributed by atoms with Crippen molar-refractivity contribution in [2.45, 2.75) is 32.4 Å². The second-order valence-corrected chi connectivity index (χ2v) is 6.74. The number of carbonyl (C=O) groups is 2. The van der Waals surface area contributed by atoms with Gasteiger partial charge in [-0.05, 0) is 19.9 Å². The minimum Gasteiger partial charge on any atom is -0.346 e. The molecular formula is C17H20N4O4. The van der Waals surface area contributed by atoms with Crippen LogP contribution in [0, 0.1) is 13.8 Å². The lowest BCUT2D eigenvalue weighted by Gasteiger charge is -2.42. The summed E-state index contributed by atoms with van der Waals surface area (Å²) in [5, 5.41) is 4.60. The number of likely N-dealkylation sites (N-methyl/N-ethyl adjacent to an activating group) is 1. The van der Waals surface area contributed by atoms with Gasteiger partial charge in [0.15, 0.2) is 0 Å². The lowest BCUT2D eigenvalue weighted by molar-refractivity contribution is -0.135. The van der Waals surface area contributed by atoms with Crippen molar-refractivity contribution in [1.82, 2.24) is 19.9 Å². The van der Waals surface area contributed by atoms with Crippen LogP contribution in [-0.4, -0.2) is 64.2 Å². The van der Waals surface area contributed by atoms with Crippen LogP contribution < -0.4 is 0 Å². The van der Waals surface area contributed by atoms with E-state index in [9.17, 15) is 9.59 Å². The first-order valence-electron chi connectivity index (χ1n) is 8.35. The molecule has 2 aromatic rings. The van der Waals surface area contributed by atoms with Gasteiger partial charge in [-0.3, -0.25) is 9.59 Å². The van der Waals surface area contributed by atoms with E-state index in [4.69, 9.17) is 9.26 Å². The molecule has 0 aliphatic carbocycles. The molecule has 132 valence electrons. The molecule has 25 heavy (non-hydrogen) atoms. The first kappa shape index (κ1) is 16.0. The molecule has 0 atom stereocenters. The SMILES string of the molecule is Cc1cc(C(=O)N2CCC3(CC2)OCC(=O)N3C)c2c(C)noc2n1. The van der Waals surface area contributed by atoms with Crippen LogP contribution in [0.15, 0.2) is 10.6 Å². The standard InChI is InChI=1S/C17H20N4O4/c1-10-8-12(14-11(2)19-25-15(14)18-10)16(23)21-6-4-17(5-7-21)20(3)13(22)9-24-17/h8H,4-7,9H2,1-3H3. The highest BCUT2D eigenvalue weighted by molar-refractivity contribution is 6.06. The van der Waals surface area contributed by atoms with Crippen molar-refractivity contribution in [3.8, 4) is 0 Å². The Hall–Kier alpha value is -2.48. The third-order valence-corrected chi connectivity index (χ3v) is 5.26. The molecule has 0 bridgehead atoms. The summed E-state index contributed by atoms with van der Waals surface area (Å²) in [6.45, 7) is 4.81. The van der Waals surface area contributed by atoms with Gasteiger partial charge in [-0.2, -0.15) is 0 Å². The summed E-state index contributed by atoms with van der Waals surface area (Å²) in [7, 11) is 1.77. The topological polar surface area (TPSA) is 88.8 Å². The molecule has 2 fully saturated rings.